The molecule has 1 aliphatic rings. The Morgan fingerprint density at radius 3 is 2.89 bits per heavy atom. The van der Waals surface area contributed by atoms with Gasteiger partial charge in [0, 0.05) is 26.2 Å². The van der Waals surface area contributed by atoms with Gasteiger partial charge in [0.15, 0.2) is 6.61 Å². The quantitative estimate of drug-likeness (QED) is 0.787. The Bertz CT molecular complexity index is 760. The number of benzene rings is 2. The van der Waals surface area contributed by atoms with Crippen LogP contribution in [0.1, 0.15) is 5.56 Å². The van der Waals surface area contributed by atoms with Crippen LogP contribution < -0.4 is 10.1 Å². The van der Waals surface area contributed by atoms with Gasteiger partial charge in [-0.05, 0) is 23.8 Å². The lowest BCUT2D eigenvalue weighted by atomic mass is 10.2. The first-order valence-electron chi connectivity index (χ1n) is 8.82. The fraction of sp³-hybridized carbons (Fsp3) is 0.350. The van der Waals surface area contributed by atoms with Gasteiger partial charge in [0.1, 0.15) is 11.6 Å². The minimum absolute atomic E-state index is 0.0687. The number of rotatable bonds is 7. The van der Waals surface area contributed by atoms with E-state index in [0.29, 0.717) is 13.2 Å². The van der Waals surface area contributed by atoms with E-state index in [1.165, 1.54) is 17.7 Å². The zero-order valence-electron chi connectivity index (χ0n) is 14.9. The van der Waals surface area contributed by atoms with Crippen molar-refractivity contribution in [3.63, 3.8) is 0 Å². The summed E-state index contributed by atoms with van der Waals surface area (Å²) in [5.74, 6) is -0.457. The lowest BCUT2D eigenvalue weighted by molar-refractivity contribution is -0.124. The van der Waals surface area contributed by atoms with E-state index in [9.17, 15) is 9.18 Å². The van der Waals surface area contributed by atoms with Gasteiger partial charge in [-0.15, -0.1) is 0 Å². The summed E-state index contributed by atoms with van der Waals surface area (Å²) in [6.07, 6.45) is -0.0687. The fourth-order valence-corrected chi connectivity index (χ4v) is 3.13. The van der Waals surface area contributed by atoms with E-state index in [4.69, 9.17) is 21.1 Å². The molecule has 0 radical (unpaired) electrons. The van der Waals surface area contributed by atoms with Gasteiger partial charge in [0.2, 0.25) is 0 Å². The van der Waals surface area contributed by atoms with Gasteiger partial charge in [-0.1, -0.05) is 41.9 Å². The number of carbonyl (C=O) groups is 1. The van der Waals surface area contributed by atoms with Crippen LogP contribution in [0.25, 0.3) is 0 Å². The molecule has 5 nitrogen and oxygen atoms in total. The summed E-state index contributed by atoms with van der Waals surface area (Å²) in [4.78, 5) is 14.3. The van der Waals surface area contributed by atoms with Crippen molar-refractivity contribution in [3.8, 4) is 5.75 Å². The minimum Gasteiger partial charge on any atom is -0.482 e. The first-order chi connectivity index (χ1) is 13.1. The molecule has 1 amide bonds. The van der Waals surface area contributed by atoms with Crippen LogP contribution in [0.2, 0.25) is 5.02 Å². The maximum atomic E-state index is 13.0. The third-order valence-corrected chi connectivity index (χ3v) is 4.55. The molecule has 0 bridgehead atoms. The topological polar surface area (TPSA) is 50.8 Å². The number of nitrogens with zero attached hydrogens (tertiary/aromatic N) is 1. The maximum absolute atomic E-state index is 13.0. The third-order valence-electron chi connectivity index (χ3n) is 4.25. The molecule has 0 saturated carbocycles. The molecule has 2 aromatic rings. The fourth-order valence-electron chi connectivity index (χ4n) is 2.90. The lowest BCUT2D eigenvalue weighted by Gasteiger charge is -2.33. The molecule has 1 heterocycles. The average Bonchev–Trinajstić information content (AvgIpc) is 2.67. The maximum Gasteiger partial charge on any atom is 0.258 e. The van der Waals surface area contributed by atoms with Crippen molar-refractivity contribution >= 4 is 17.5 Å². The second-order valence-electron chi connectivity index (χ2n) is 6.38. The number of nitrogens with one attached hydrogen (secondary N) is 1. The van der Waals surface area contributed by atoms with E-state index in [0.717, 1.165) is 25.7 Å². The summed E-state index contributed by atoms with van der Waals surface area (Å²) >= 11 is 5.87. The highest BCUT2D eigenvalue weighted by Gasteiger charge is 2.21. The summed E-state index contributed by atoms with van der Waals surface area (Å²) in [5.41, 5.74) is 1.26. The van der Waals surface area contributed by atoms with Crippen molar-refractivity contribution in [2.24, 2.45) is 0 Å². The highest BCUT2D eigenvalue weighted by atomic mass is 35.5. The van der Waals surface area contributed by atoms with Crippen LogP contribution >= 0.6 is 11.6 Å². The van der Waals surface area contributed by atoms with E-state index in [1.54, 1.807) is 0 Å². The highest BCUT2D eigenvalue weighted by Crippen LogP contribution is 2.24. The van der Waals surface area contributed by atoms with Gasteiger partial charge in [-0.2, -0.15) is 0 Å². The molecule has 3 rings (SSSR count). The second-order valence-corrected chi connectivity index (χ2v) is 6.79. The van der Waals surface area contributed by atoms with Crippen LogP contribution in [0.3, 0.4) is 0 Å². The van der Waals surface area contributed by atoms with E-state index < -0.39 is 5.82 Å². The molecule has 2 aromatic carbocycles. The SMILES string of the molecule is O=C(COc1ccc(F)cc1Cl)NC[C@H]1CN(Cc2ccccc2)CCO1. The van der Waals surface area contributed by atoms with Crippen LogP contribution in [0.5, 0.6) is 5.75 Å². The van der Waals surface area contributed by atoms with E-state index in [-0.39, 0.29) is 29.4 Å². The van der Waals surface area contributed by atoms with Gasteiger partial charge < -0.3 is 14.8 Å². The number of hydrogen-bond acceptors (Lipinski definition) is 4. The average molecular weight is 393 g/mol. The van der Waals surface area contributed by atoms with Gasteiger partial charge in [-0.3, -0.25) is 9.69 Å². The Balaban J connectivity index is 1.40. The number of amides is 1. The van der Waals surface area contributed by atoms with Gasteiger partial charge >= 0.3 is 0 Å². The smallest absolute Gasteiger partial charge is 0.258 e. The molecule has 1 N–H and O–H groups in total. The Labute approximate surface area is 163 Å². The van der Waals surface area contributed by atoms with Crippen molar-refractivity contribution in [3.05, 3.63) is 64.9 Å². The Kier molecular flexibility index (Phi) is 7.04. The molecule has 7 heteroatoms. The van der Waals surface area contributed by atoms with Crippen molar-refractivity contribution < 1.29 is 18.7 Å². The number of ether oxygens (including phenoxy) is 2. The molecule has 0 spiro atoms. The predicted octanol–water partition coefficient (Wildman–Crippen LogP) is 2.88. The highest BCUT2D eigenvalue weighted by molar-refractivity contribution is 6.32. The zero-order valence-corrected chi connectivity index (χ0v) is 15.6. The van der Waals surface area contributed by atoms with Crippen molar-refractivity contribution in [1.82, 2.24) is 10.2 Å². The standard InChI is InChI=1S/C20H22ClFN2O3/c21-18-10-16(22)6-7-19(18)27-14-20(25)23-11-17-13-24(8-9-26-17)12-15-4-2-1-3-5-15/h1-7,10,17H,8-9,11-14H2,(H,23,25)/t17-/m0/s1. The molecule has 27 heavy (non-hydrogen) atoms. The zero-order chi connectivity index (χ0) is 19.1. The number of hydrogen-bond donors (Lipinski definition) is 1. The largest absolute Gasteiger partial charge is 0.482 e. The second kappa shape index (κ2) is 9.69. The Hall–Kier alpha value is -2.15. The molecule has 1 fully saturated rings. The summed E-state index contributed by atoms with van der Waals surface area (Å²) < 4.78 is 24.1. The summed E-state index contributed by atoms with van der Waals surface area (Å²) in [5, 5.41) is 2.94. The van der Waals surface area contributed by atoms with E-state index in [1.807, 2.05) is 18.2 Å². The summed E-state index contributed by atoms with van der Waals surface area (Å²) in [7, 11) is 0. The molecule has 0 unspecified atom stereocenters. The minimum atomic E-state index is -0.452. The first kappa shape index (κ1) is 19.6. The van der Waals surface area contributed by atoms with Gasteiger partial charge in [0.25, 0.3) is 5.91 Å². The number of carbonyl (C=O) groups excluding carboxylic acids is 1. The number of halogens is 2. The Morgan fingerprint density at radius 1 is 1.30 bits per heavy atom. The number of morpholine rings is 1. The normalized spacial score (nSPS) is 17.5. The van der Waals surface area contributed by atoms with Gasteiger partial charge in [-0.25, -0.2) is 4.39 Å². The summed E-state index contributed by atoms with van der Waals surface area (Å²) in [6, 6.07) is 14.0. The molecule has 1 aliphatic heterocycles. The van der Waals surface area contributed by atoms with E-state index >= 15 is 0 Å². The monoisotopic (exact) mass is 392 g/mol. The molecular formula is C20H22ClFN2O3. The van der Waals surface area contributed by atoms with Crippen molar-refractivity contribution in [2.45, 2.75) is 12.6 Å². The molecule has 1 atom stereocenters. The van der Waals surface area contributed by atoms with Crippen LogP contribution in [0, 0.1) is 5.82 Å². The van der Waals surface area contributed by atoms with Crippen LogP contribution in [-0.2, 0) is 16.1 Å². The molecule has 1 saturated heterocycles. The van der Waals surface area contributed by atoms with E-state index in [2.05, 4.69) is 22.3 Å². The first-order valence-corrected chi connectivity index (χ1v) is 9.20. The molecule has 0 aromatic heterocycles. The van der Waals surface area contributed by atoms with Crippen LogP contribution in [0.4, 0.5) is 4.39 Å². The van der Waals surface area contributed by atoms with Crippen LogP contribution in [0.15, 0.2) is 48.5 Å². The van der Waals surface area contributed by atoms with Crippen molar-refractivity contribution in [2.75, 3.05) is 32.8 Å². The van der Waals surface area contributed by atoms with Crippen molar-refractivity contribution in [1.29, 1.82) is 0 Å². The molecule has 144 valence electrons. The lowest BCUT2D eigenvalue weighted by Crippen LogP contribution is -2.47. The van der Waals surface area contributed by atoms with Gasteiger partial charge in [0.05, 0.1) is 17.7 Å². The molecular weight excluding hydrogens is 371 g/mol. The third kappa shape index (κ3) is 6.20. The Morgan fingerprint density at radius 2 is 2.11 bits per heavy atom. The van der Waals surface area contributed by atoms with Crippen LogP contribution in [-0.4, -0.2) is 49.8 Å². The molecule has 0 aliphatic carbocycles. The predicted molar refractivity (Wildman–Crippen MR) is 101 cm³/mol. The summed E-state index contributed by atoms with van der Waals surface area (Å²) in [6.45, 7) is 3.33.